The predicted molar refractivity (Wildman–Crippen MR) is 95.5 cm³/mol. The summed E-state index contributed by atoms with van der Waals surface area (Å²) < 4.78 is 8.27. The van der Waals surface area contributed by atoms with Crippen molar-refractivity contribution < 1.29 is 9.53 Å². The van der Waals surface area contributed by atoms with Crippen LogP contribution in [0.15, 0.2) is 35.5 Å². The number of fused-ring (bicyclic) bond motifs is 1. The highest BCUT2D eigenvalue weighted by atomic mass is 79.9. The fourth-order valence-electron chi connectivity index (χ4n) is 2.78. The lowest BCUT2D eigenvalue weighted by Crippen LogP contribution is -2.05. The minimum Gasteiger partial charge on any atom is -0.465 e. The molecule has 1 heterocycles. The molecule has 0 atom stereocenters. The van der Waals surface area contributed by atoms with Gasteiger partial charge in [0.2, 0.25) is 0 Å². The van der Waals surface area contributed by atoms with Crippen LogP contribution in [0, 0.1) is 6.92 Å². The Balaban J connectivity index is 2.11. The SMILES string of the molecule is C=CCC1(Sn2cc(C)c3c(C(=O)OC)cc(Br)cc32)CC1. The molecule has 3 nitrogen and oxygen atoms in total. The molecule has 1 aromatic carbocycles. The first-order chi connectivity index (χ1) is 10.5. The average Bonchev–Trinajstić information content (AvgIpc) is 3.17. The van der Waals surface area contributed by atoms with Crippen LogP contribution in [0.3, 0.4) is 0 Å². The van der Waals surface area contributed by atoms with Crippen LogP contribution in [0.25, 0.3) is 10.9 Å². The van der Waals surface area contributed by atoms with Gasteiger partial charge >= 0.3 is 5.97 Å². The number of benzene rings is 1. The van der Waals surface area contributed by atoms with E-state index >= 15 is 0 Å². The van der Waals surface area contributed by atoms with E-state index in [-0.39, 0.29) is 10.7 Å². The number of aromatic nitrogens is 1. The first-order valence-corrected chi connectivity index (χ1v) is 8.76. The van der Waals surface area contributed by atoms with E-state index in [2.05, 4.69) is 38.7 Å². The number of halogens is 1. The molecule has 0 amide bonds. The number of carbonyl (C=O) groups excluding carboxylic acids is 1. The molecular formula is C17H18BrNO2S. The summed E-state index contributed by atoms with van der Waals surface area (Å²) in [7, 11) is 1.42. The maximum absolute atomic E-state index is 12.1. The Hall–Kier alpha value is -1.20. The van der Waals surface area contributed by atoms with E-state index in [1.807, 2.05) is 31.0 Å². The number of allylic oxidation sites excluding steroid dienone is 1. The molecule has 1 fully saturated rings. The third kappa shape index (κ3) is 2.72. The number of esters is 1. The first kappa shape index (κ1) is 15.7. The minimum atomic E-state index is -0.302. The van der Waals surface area contributed by atoms with Gasteiger partial charge in [0.25, 0.3) is 0 Å². The number of nitrogens with zero attached hydrogens (tertiary/aromatic N) is 1. The number of methoxy groups -OCH3 is 1. The number of hydrogen-bond donors (Lipinski definition) is 0. The van der Waals surface area contributed by atoms with Gasteiger partial charge in [-0.2, -0.15) is 0 Å². The molecule has 116 valence electrons. The van der Waals surface area contributed by atoms with Crippen LogP contribution >= 0.6 is 27.9 Å². The third-order valence-electron chi connectivity index (χ3n) is 4.05. The summed E-state index contributed by atoms with van der Waals surface area (Å²) >= 11 is 5.34. The molecule has 1 saturated carbocycles. The second kappa shape index (κ2) is 5.78. The zero-order chi connectivity index (χ0) is 15.9. The van der Waals surface area contributed by atoms with Gasteiger partial charge in [-0.25, -0.2) is 4.79 Å². The molecule has 3 rings (SSSR count). The monoisotopic (exact) mass is 379 g/mol. The van der Waals surface area contributed by atoms with Gasteiger partial charge < -0.3 is 4.74 Å². The lowest BCUT2D eigenvalue weighted by atomic mass is 10.1. The van der Waals surface area contributed by atoms with Crippen LogP contribution < -0.4 is 0 Å². The summed E-state index contributed by atoms with van der Waals surface area (Å²) in [6.07, 6.45) is 7.53. The summed E-state index contributed by atoms with van der Waals surface area (Å²) in [6.45, 7) is 5.90. The third-order valence-corrected chi connectivity index (χ3v) is 5.97. The van der Waals surface area contributed by atoms with Crippen molar-refractivity contribution in [2.24, 2.45) is 0 Å². The molecule has 5 heteroatoms. The Kier molecular flexibility index (Phi) is 4.12. The molecule has 0 bridgehead atoms. The fraction of sp³-hybridized carbons (Fsp3) is 0.353. The van der Waals surface area contributed by atoms with Gasteiger partial charge in [-0.1, -0.05) is 22.0 Å². The van der Waals surface area contributed by atoms with E-state index in [1.165, 1.54) is 20.0 Å². The molecule has 0 aliphatic heterocycles. The highest BCUT2D eigenvalue weighted by Gasteiger charge is 2.43. The average molecular weight is 380 g/mol. The van der Waals surface area contributed by atoms with Gasteiger partial charge in [-0.15, -0.1) is 6.58 Å². The van der Waals surface area contributed by atoms with Gasteiger partial charge in [0.05, 0.1) is 18.2 Å². The number of rotatable bonds is 5. The zero-order valence-corrected chi connectivity index (χ0v) is 15.1. The number of ether oxygens (including phenoxy) is 1. The van der Waals surface area contributed by atoms with E-state index in [0.29, 0.717) is 5.56 Å². The topological polar surface area (TPSA) is 31.2 Å². The van der Waals surface area contributed by atoms with Gasteiger partial charge in [-0.3, -0.25) is 3.97 Å². The van der Waals surface area contributed by atoms with E-state index in [1.54, 1.807) is 0 Å². The van der Waals surface area contributed by atoms with Crippen molar-refractivity contribution in [1.29, 1.82) is 0 Å². The van der Waals surface area contributed by atoms with Crippen LogP contribution in [-0.4, -0.2) is 21.8 Å². The van der Waals surface area contributed by atoms with Crippen molar-refractivity contribution in [1.82, 2.24) is 3.97 Å². The Bertz CT molecular complexity index is 762. The van der Waals surface area contributed by atoms with Gasteiger partial charge in [-0.05, 0) is 55.8 Å². The molecule has 0 spiro atoms. The quantitative estimate of drug-likeness (QED) is 0.534. The molecule has 0 N–H and O–H groups in total. The Labute approximate surface area is 143 Å². The Morgan fingerprint density at radius 3 is 2.86 bits per heavy atom. The Morgan fingerprint density at radius 1 is 1.55 bits per heavy atom. The van der Waals surface area contributed by atoms with Gasteiger partial charge in [0.1, 0.15) is 0 Å². The van der Waals surface area contributed by atoms with Crippen LogP contribution in [0.2, 0.25) is 0 Å². The number of carbonyl (C=O) groups is 1. The second-order valence-corrected chi connectivity index (χ2v) is 8.10. The van der Waals surface area contributed by atoms with Crippen molar-refractivity contribution in [3.63, 3.8) is 0 Å². The Morgan fingerprint density at radius 2 is 2.27 bits per heavy atom. The highest BCUT2D eigenvalue weighted by Crippen LogP contribution is 2.53. The molecule has 0 saturated heterocycles. The van der Waals surface area contributed by atoms with Crippen molar-refractivity contribution in [3.8, 4) is 0 Å². The predicted octanol–water partition coefficient (Wildman–Crippen LogP) is 5.10. The standard InChI is InChI=1S/C17H18BrNO2S/c1-4-5-17(6-7-17)22-19-10-11(2)15-13(16(20)21-3)8-12(18)9-14(15)19/h4,8-10H,1,5-7H2,2-3H3. The van der Waals surface area contributed by atoms with Crippen molar-refractivity contribution in [2.45, 2.75) is 30.9 Å². The molecule has 1 aliphatic carbocycles. The van der Waals surface area contributed by atoms with Crippen molar-refractivity contribution in [3.05, 3.63) is 46.6 Å². The molecule has 2 aromatic rings. The van der Waals surface area contributed by atoms with E-state index in [0.717, 1.165) is 27.4 Å². The van der Waals surface area contributed by atoms with Crippen LogP contribution in [0.4, 0.5) is 0 Å². The number of hydrogen-bond acceptors (Lipinski definition) is 3. The first-order valence-electron chi connectivity index (χ1n) is 7.19. The smallest absolute Gasteiger partial charge is 0.338 e. The summed E-state index contributed by atoms with van der Waals surface area (Å²) in [5, 5.41) is 0.969. The molecule has 1 aromatic heterocycles. The summed E-state index contributed by atoms with van der Waals surface area (Å²) in [5.74, 6) is -0.302. The molecular weight excluding hydrogens is 362 g/mol. The lowest BCUT2D eigenvalue weighted by Gasteiger charge is -2.14. The minimum absolute atomic E-state index is 0.272. The number of aryl methyl sites for hydroxylation is 1. The van der Waals surface area contributed by atoms with Crippen molar-refractivity contribution >= 4 is 44.8 Å². The maximum Gasteiger partial charge on any atom is 0.338 e. The normalized spacial score (nSPS) is 15.8. The van der Waals surface area contributed by atoms with E-state index in [9.17, 15) is 4.79 Å². The van der Waals surface area contributed by atoms with E-state index in [4.69, 9.17) is 4.74 Å². The fourth-order valence-corrected chi connectivity index (χ4v) is 4.57. The second-order valence-electron chi connectivity index (χ2n) is 5.74. The van der Waals surface area contributed by atoms with Gasteiger partial charge in [0.15, 0.2) is 0 Å². The summed E-state index contributed by atoms with van der Waals surface area (Å²) in [6, 6.07) is 3.89. The lowest BCUT2D eigenvalue weighted by molar-refractivity contribution is 0.0603. The van der Waals surface area contributed by atoms with E-state index < -0.39 is 0 Å². The van der Waals surface area contributed by atoms with Crippen LogP contribution in [0.5, 0.6) is 0 Å². The zero-order valence-electron chi connectivity index (χ0n) is 12.7. The largest absolute Gasteiger partial charge is 0.465 e. The summed E-state index contributed by atoms with van der Waals surface area (Å²) in [5.41, 5.74) is 2.75. The molecule has 22 heavy (non-hydrogen) atoms. The summed E-state index contributed by atoms with van der Waals surface area (Å²) in [4.78, 5) is 12.1. The molecule has 0 unspecified atom stereocenters. The molecule has 0 radical (unpaired) electrons. The van der Waals surface area contributed by atoms with Crippen LogP contribution in [0.1, 0.15) is 35.2 Å². The highest BCUT2D eigenvalue weighted by molar-refractivity contribution is 9.10. The maximum atomic E-state index is 12.1. The van der Waals surface area contributed by atoms with Crippen LogP contribution in [-0.2, 0) is 4.74 Å². The molecule has 1 aliphatic rings. The van der Waals surface area contributed by atoms with Gasteiger partial charge in [0, 0.05) is 20.8 Å². The van der Waals surface area contributed by atoms with Crippen molar-refractivity contribution in [2.75, 3.05) is 7.11 Å².